The maximum Gasteiger partial charge on any atom is 0.251 e. The van der Waals surface area contributed by atoms with Crippen molar-refractivity contribution in [1.82, 2.24) is 5.32 Å². The van der Waals surface area contributed by atoms with E-state index in [9.17, 15) is 4.79 Å². The molecule has 0 radical (unpaired) electrons. The normalized spacial score (nSPS) is 11.7. The van der Waals surface area contributed by atoms with Crippen LogP contribution >= 0.6 is 0 Å². The van der Waals surface area contributed by atoms with Crippen molar-refractivity contribution >= 4 is 5.91 Å². The molecule has 0 unspecified atom stereocenters. The van der Waals surface area contributed by atoms with Gasteiger partial charge in [0.25, 0.3) is 5.91 Å². The first-order valence-corrected chi connectivity index (χ1v) is 6.32. The number of carbonyl (C=O) groups excluding carboxylic acids is 1. The molecule has 1 aromatic carbocycles. The molecule has 1 rings (SSSR count). The highest BCUT2D eigenvalue weighted by atomic mass is 16.5. The van der Waals surface area contributed by atoms with Crippen LogP contribution in [0.3, 0.4) is 0 Å². The Labute approximate surface area is 109 Å². The average molecular weight is 247 g/mol. The molecule has 1 N–H and O–H groups in total. The molecule has 0 heterocycles. The van der Waals surface area contributed by atoms with Crippen LogP contribution in [0.4, 0.5) is 0 Å². The Balaban J connectivity index is 2.55. The third-order valence-electron chi connectivity index (χ3n) is 2.58. The molecule has 3 heteroatoms. The zero-order valence-corrected chi connectivity index (χ0v) is 11.1. The van der Waals surface area contributed by atoms with Crippen LogP contribution in [0.15, 0.2) is 36.9 Å². The lowest BCUT2D eigenvalue weighted by molar-refractivity contribution is 0.0938. The van der Waals surface area contributed by atoms with Gasteiger partial charge in [0.2, 0.25) is 0 Å². The number of nitrogens with one attached hydrogen (secondary N) is 1. The first-order valence-electron chi connectivity index (χ1n) is 6.32. The minimum Gasteiger partial charge on any atom is -0.490 e. The maximum atomic E-state index is 11.9. The number of hydrogen-bond acceptors (Lipinski definition) is 2. The molecule has 0 saturated carbocycles. The lowest BCUT2D eigenvalue weighted by Gasteiger charge is -2.12. The van der Waals surface area contributed by atoms with Gasteiger partial charge in [0.05, 0.1) is 0 Å². The Morgan fingerprint density at radius 2 is 2.11 bits per heavy atom. The highest BCUT2D eigenvalue weighted by molar-refractivity contribution is 5.94. The smallest absolute Gasteiger partial charge is 0.251 e. The second kappa shape index (κ2) is 7.54. The summed E-state index contributed by atoms with van der Waals surface area (Å²) in [5.41, 5.74) is 0.656. The summed E-state index contributed by atoms with van der Waals surface area (Å²) in [4.78, 5) is 11.9. The predicted octanol–water partition coefficient (Wildman–Crippen LogP) is 3.17. The maximum absolute atomic E-state index is 11.9. The standard InChI is InChI=1S/C15H21NO2/c1-4-6-12(3)16-15(17)13-7-9-14(10-8-13)18-11-5-2/h5,7-10,12H,2,4,6,11H2,1,3H3,(H,16,17)/t12-/m0/s1. The van der Waals surface area contributed by atoms with Crippen LogP contribution in [0.1, 0.15) is 37.0 Å². The number of rotatable bonds is 7. The molecule has 1 aromatic rings. The van der Waals surface area contributed by atoms with E-state index in [1.807, 2.05) is 6.92 Å². The molecule has 0 spiro atoms. The lowest BCUT2D eigenvalue weighted by atomic mass is 10.1. The Morgan fingerprint density at radius 1 is 1.44 bits per heavy atom. The summed E-state index contributed by atoms with van der Waals surface area (Å²) in [7, 11) is 0. The molecular weight excluding hydrogens is 226 g/mol. The van der Waals surface area contributed by atoms with Gasteiger partial charge in [-0.15, -0.1) is 0 Å². The molecule has 0 saturated heterocycles. The van der Waals surface area contributed by atoms with Gasteiger partial charge in [0, 0.05) is 11.6 Å². The minimum atomic E-state index is -0.0359. The van der Waals surface area contributed by atoms with Crippen molar-refractivity contribution in [3.8, 4) is 5.75 Å². The van der Waals surface area contributed by atoms with Gasteiger partial charge in [-0.2, -0.15) is 0 Å². The molecule has 0 aliphatic carbocycles. The van der Waals surface area contributed by atoms with Crippen molar-refractivity contribution in [2.24, 2.45) is 0 Å². The van der Waals surface area contributed by atoms with E-state index >= 15 is 0 Å². The van der Waals surface area contributed by atoms with Gasteiger partial charge >= 0.3 is 0 Å². The Hall–Kier alpha value is -1.77. The van der Waals surface area contributed by atoms with Crippen LogP contribution in [0.2, 0.25) is 0 Å². The van der Waals surface area contributed by atoms with E-state index in [4.69, 9.17) is 4.74 Å². The second-order valence-electron chi connectivity index (χ2n) is 4.29. The van der Waals surface area contributed by atoms with Gasteiger partial charge in [0.15, 0.2) is 0 Å². The van der Waals surface area contributed by atoms with E-state index in [-0.39, 0.29) is 11.9 Å². The fourth-order valence-electron chi connectivity index (χ4n) is 1.67. The van der Waals surface area contributed by atoms with Gasteiger partial charge in [-0.1, -0.05) is 26.0 Å². The number of ether oxygens (including phenoxy) is 1. The molecule has 0 fully saturated rings. The Kier molecular flexibility index (Phi) is 5.98. The molecule has 3 nitrogen and oxygen atoms in total. The summed E-state index contributed by atoms with van der Waals surface area (Å²) in [5, 5.41) is 2.96. The second-order valence-corrected chi connectivity index (χ2v) is 4.29. The first kappa shape index (κ1) is 14.3. The molecule has 0 aromatic heterocycles. The van der Waals surface area contributed by atoms with Gasteiger partial charge in [-0.05, 0) is 37.6 Å². The Bertz CT molecular complexity index is 384. The summed E-state index contributed by atoms with van der Waals surface area (Å²) < 4.78 is 5.36. The topological polar surface area (TPSA) is 38.3 Å². The molecular formula is C15H21NO2. The fourth-order valence-corrected chi connectivity index (χ4v) is 1.67. The summed E-state index contributed by atoms with van der Waals surface area (Å²) in [6.45, 7) is 8.18. The van der Waals surface area contributed by atoms with E-state index in [1.165, 1.54) is 0 Å². The first-order chi connectivity index (χ1) is 8.67. The summed E-state index contributed by atoms with van der Waals surface area (Å²) in [5.74, 6) is 0.708. The van der Waals surface area contributed by atoms with E-state index in [0.29, 0.717) is 12.2 Å². The van der Waals surface area contributed by atoms with E-state index < -0.39 is 0 Å². The number of amides is 1. The summed E-state index contributed by atoms with van der Waals surface area (Å²) in [6.07, 6.45) is 3.75. The molecule has 0 bridgehead atoms. The van der Waals surface area contributed by atoms with E-state index in [0.717, 1.165) is 18.6 Å². The van der Waals surface area contributed by atoms with E-state index in [2.05, 4.69) is 18.8 Å². The fraction of sp³-hybridized carbons (Fsp3) is 0.400. The van der Waals surface area contributed by atoms with Crippen molar-refractivity contribution in [1.29, 1.82) is 0 Å². The zero-order valence-electron chi connectivity index (χ0n) is 11.1. The van der Waals surface area contributed by atoms with Gasteiger partial charge in [-0.25, -0.2) is 0 Å². The number of hydrogen-bond donors (Lipinski definition) is 1. The average Bonchev–Trinajstić information content (AvgIpc) is 2.37. The third kappa shape index (κ3) is 4.62. The third-order valence-corrected chi connectivity index (χ3v) is 2.58. The molecule has 98 valence electrons. The van der Waals surface area contributed by atoms with Gasteiger partial charge < -0.3 is 10.1 Å². The van der Waals surface area contributed by atoms with Crippen molar-refractivity contribution in [2.75, 3.05) is 6.61 Å². The van der Waals surface area contributed by atoms with Crippen molar-refractivity contribution in [3.63, 3.8) is 0 Å². The minimum absolute atomic E-state index is 0.0359. The highest BCUT2D eigenvalue weighted by Gasteiger charge is 2.08. The van der Waals surface area contributed by atoms with Crippen LogP contribution in [-0.4, -0.2) is 18.6 Å². The van der Waals surface area contributed by atoms with Crippen molar-refractivity contribution < 1.29 is 9.53 Å². The quantitative estimate of drug-likeness (QED) is 0.752. The predicted molar refractivity (Wildman–Crippen MR) is 74.0 cm³/mol. The SMILES string of the molecule is C=CCOc1ccc(C(=O)N[C@@H](C)CCC)cc1. The van der Waals surface area contributed by atoms with Gasteiger partial charge in [-0.3, -0.25) is 4.79 Å². The van der Waals surface area contributed by atoms with Crippen LogP contribution in [0, 0.1) is 0 Å². The molecule has 0 aliphatic heterocycles. The summed E-state index contributed by atoms with van der Waals surface area (Å²) in [6, 6.07) is 7.34. The van der Waals surface area contributed by atoms with Crippen LogP contribution in [0.5, 0.6) is 5.75 Å². The number of carbonyl (C=O) groups is 1. The lowest BCUT2D eigenvalue weighted by Crippen LogP contribution is -2.32. The molecule has 1 atom stereocenters. The van der Waals surface area contributed by atoms with Gasteiger partial charge in [0.1, 0.15) is 12.4 Å². The molecule has 18 heavy (non-hydrogen) atoms. The van der Waals surface area contributed by atoms with Crippen LogP contribution in [-0.2, 0) is 0 Å². The summed E-state index contributed by atoms with van der Waals surface area (Å²) >= 11 is 0. The monoisotopic (exact) mass is 247 g/mol. The van der Waals surface area contributed by atoms with Crippen molar-refractivity contribution in [3.05, 3.63) is 42.5 Å². The number of benzene rings is 1. The van der Waals surface area contributed by atoms with Crippen LogP contribution < -0.4 is 10.1 Å². The highest BCUT2D eigenvalue weighted by Crippen LogP contribution is 2.12. The molecule has 1 amide bonds. The Morgan fingerprint density at radius 3 is 2.67 bits per heavy atom. The van der Waals surface area contributed by atoms with Crippen molar-refractivity contribution in [2.45, 2.75) is 32.7 Å². The molecule has 0 aliphatic rings. The largest absolute Gasteiger partial charge is 0.490 e. The zero-order chi connectivity index (χ0) is 13.4. The van der Waals surface area contributed by atoms with E-state index in [1.54, 1.807) is 30.3 Å². The van der Waals surface area contributed by atoms with Crippen LogP contribution in [0.25, 0.3) is 0 Å².